The Morgan fingerprint density at radius 2 is 0.782 bits per heavy atom. The predicted molar refractivity (Wildman–Crippen MR) is 335 cm³/mol. The summed E-state index contributed by atoms with van der Waals surface area (Å²) in [5.74, 6) is -0.560. The van der Waals surface area contributed by atoms with Crippen LogP contribution < -0.4 is 10.2 Å². The minimum atomic E-state index is -4.70. The number of phosphoric acid groups is 1. The number of quaternary nitrogens is 1. The molecule has 1 amide bonds. The molecule has 9 nitrogen and oxygen atoms in total. The van der Waals surface area contributed by atoms with Crippen molar-refractivity contribution in [3.05, 3.63) is 72.9 Å². The second kappa shape index (κ2) is 57.7. The number of nitrogens with one attached hydrogen (secondary N) is 1. The first kappa shape index (κ1) is 75.5. The van der Waals surface area contributed by atoms with E-state index in [1.807, 2.05) is 33.3 Å². The Bertz CT molecular complexity index is 1570. The lowest BCUT2D eigenvalue weighted by Crippen LogP contribution is -2.47. The van der Waals surface area contributed by atoms with Gasteiger partial charge in [0.2, 0.25) is 5.91 Å². The molecule has 0 bridgehead atoms. The lowest BCUT2D eigenvalue weighted by molar-refractivity contribution is -0.870. The van der Waals surface area contributed by atoms with Crippen LogP contribution in [0, 0.1) is 0 Å². The molecule has 0 heterocycles. The topological polar surface area (TPSA) is 114 Å². The van der Waals surface area contributed by atoms with Gasteiger partial charge in [0.05, 0.1) is 33.8 Å². The number of likely N-dealkylation sites (N-methyl/N-ethyl adjacent to an activating group) is 1. The second-order valence-electron chi connectivity index (χ2n) is 23.3. The number of allylic oxidation sites excluding steroid dienone is 11. The monoisotopic (exact) mass is 1110 g/mol. The molecule has 1 N–H and O–H groups in total. The van der Waals surface area contributed by atoms with E-state index in [-0.39, 0.29) is 24.9 Å². The lowest BCUT2D eigenvalue weighted by Gasteiger charge is -2.30. The van der Waals surface area contributed by atoms with Gasteiger partial charge in [0.15, 0.2) is 0 Å². The van der Waals surface area contributed by atoms with Crippen molar-refractivity contribution >= 4 is 19.7 Å². The Kier molecular flexibility index (Phi) is 55.8. The molecular weight excluding hydrogens is 988 g/mol. The fourth-order valence-electron chi connectivity index (χ4n) is 9.27. The number of nitrogens with zero attached hydrogens (tertiary/aromatic N) is 1. The molecule has 0 aliphatic rings. The van der Waals surface area contributed by atoms with Crippen LogP contribution in [0.1, 0.15) is 297 Å². The molecule has 0 rings (SSSR count). The van der Waals surface area contributed by atoms with Crippen LogP contribution in [0.4, 0.5) is 0 Å². The summed E-state index contributed by atoms with van der Waals surface area (Å²) in [5, 5.41) is 3.02. The van der Waals surface area contributed by atoms with E-state index in [0.29, 0.717) is 23.9 Å². The summed E-state index contributed by atoms with van der Waals surface area (Å²) in [6, 6.07) is -0.898. The summed E-state index contributed by atoms with van der Waals surface area (Å²) in [5.41, 5.74) is 0. The van der Waals surface area contributed by atoms with Crippen LogP contribution in [0.5, 0.6) is 0 Å². The molecule has 10 heteroatoms. The summed E-state index contributed by atoms with van der Waals surface area (Å²) in [6.45, 7) is 6.80. The smallest absolute Gasteiger partial charge is 0.306 e. The third-order valence-electron chi connectivity index (χ3n) is 14.4. The van der Waals surface area contributed by atoms with Gasteiger partial charge in [-0.3, -0.25) is 14.2 Å². The van der Waals surface area contributed by atoms with Crippen molar-refractivity contribution in [2.45, 2.75) is 309 Å². The molecule has 0 aliphatic carbocycles. The number of esters is 1. The molecule has 0 aliphatic heterocycles. The average molecular weight is 1110 g/mol. The maximum Gasteiger partial charge on any atom is 0.306 e. The quantitative estimate of drug-likeness (QED) is 0.0212. The Morgan fingerprint density at radius 3 is 1.22 bits per heavy atom. The Morgan fingerprint density at radius 1 is 0.449 bits per heavy atom. The molecule has 454 valence electrons. The SMILES string of the molecule is CCCCC/C=C\C/C=C\C/C=C\C/C=C\CCCCCCCCCCCCCC(=O)OC(/C=C\CCCCCCCCCCC)C(COP(=O)([O-])OCC[N+](C)(C)C)NC(=O)CCCCC/C=C\CCCCCCCCC. The van der Waals surface area contributed by atoms with Crippen molar-refractivity contribution < 1.29 is 37.3 Å². The van der Waals surface area contributed by atoms with Gasteiger partial charge in [0.1, 0.15) is 19.3 Å². The highest BCUT2D eigenvalue weighted by Crippen LogP contribution is 2.38. The average Bonchev–Trinajstić information content (AvgIpc) is 3.40. The van der Waals surface area contributed by atoms with Crippen LogP contribution in [0.15, 0.2) is 72.9 Å². The molecule has 0 aromatic rings. The van der Waals surface area contributed by atoms with Crippen molar-refractivity contribution in [1.29, 1.82) is 0 Å². The van der Waals surface area contributed by atoms with Gasteiger partial charge in [-0.25, -0.2) is 0 Å². The number of phosphoric ester groups is 1. The van der Waals surface area contributed by atoms with E-state index in [1.54, 1.807) is 0 Å². The molecule has 3 unspecified atom stereocenters. The van der Waals surface area contributed by atoms with Gasteiger partial charge in [-0.1, -0.05) is 255 Å². The van der Waals surface area contributed by atoms with Gasteiger partial charge >= 0.3 is 5.97 Å². The number of carbonyl (C=O) groups excluding carboxylic acids is 2. The van der Waals surface area contributed by atoms with Gasteiger partial charge in [0.25, 0.3) is 7.82 Å². The van der Waals surface area contributed by atoms with E-state index >= 15 is 0 Å². The summed E-state index contributed by atoms with van der Waals surface area (Å²) in [7, 11) is 1.17. The fourth-order valence-corrected chi connectivity index (χ4v) is 9.99. The maximum absolute atomic E-state index is 13.5. The molecule has 78 heavy (non-hydrogen) atoms. The number of unbranched alkanes of at least 4 members (excludes halogenated alkanes) is 33. The summed E-state index contributed by atoms with van der Waals surface area (Å²) < 4.78 is 30.3. The van der Waals surface area contributed by atoms with Crippen LogP contribution in [-0.4, -0.2) is 69.4 Å². The van der Waals surface area contributed by atoms with Crippen LogP contribution in [0.2, 0.25) is 0 Å². The highest BCUT2D eigenvalue weighted by atomic mass is 31.2. The third-order valence-corrected chi connectivity index (χ3v) is 15.3. The fraction of sp³-hybridized carbons (Fsp3) is 0.794. The van der Waals surface area contributed by atoms with Gasteiger partial charge in [0, 0.05) is 12.8 Å². The number of hydrogen-bond donors (Lipinski definition) is 1. The van der Waals surface area contributed by atoms with Crippen molar-refractivity contribution in [2.24, 2.45) is 0 Å². The zero-order valence-corrected chi connectivity index (χ0v) is 52.8. The van der Waals surface area contributed by atoms with Crippen LogP contribution in [0.25, 0.3) is 0 Å². The van der Waals surface area contributed by atoms with Crippen LogP contribution in [0.3, 0.4) is 0 Å². The van der Waals surface area contributed by atoms with Gasteiger partial charge in [-0.15, -0.1) is 0 Å². The van der Waals surface area contributed by atoms with E-state index in [0.717, 1.165) is 83.5 Å². The first-order valence-corrected chi connectivity index (χ1v) is 34.2. The van der Waals surface area contributed by atoms with Crippen molar-refractivity contribution in [2.75, 3.05) is 40.9 Å². The van der Waals surface area contributed by atoms with Crippen LogP contribution in [-0.2, 0) is 27.9 Å². The van der Waals surface area contributed by atoms with Crippen molar-refractivity contribution in [3.8, 4) is 0 Å². The molecule has 0 spiro atoms. The third kappa shape index (κ3) is 58.1. The molecule has 0 saturated carbocycles. The lowest BCUT2D eigenvalue weighted by atomic mass is 10.0. The highest BCUT2D eigenvalue weighted by molar-refractivity contribution is 7.45. The predicted octanol–water partition coefficient (Wildman–Crippen LogP) is 19.8. The largest absolute Gasteiger partial charge is 0.756 e. The van der Waals surface area contributed by atoms with E-state index in [2.05, 4.69) is 86.8 Å². The molecular formula is C68H125N2O7P. The van der Waals surface area contributed by atoms with Gasteiger partial charge in [-0.2, -0.15) is 0 Å². The van der Waals surface area contributed by atoms with Crippen molar-refractivity contribution in [3.63, 3.8) is 0 Å². The molecule has 0 aromatic carbocycles. The van der Waals surface area contributed by atoms with Gasteiger partial charge < -0.3 is 28.5 Å². The molecule has 0 saturated heterocycles. The first-order chi connectivity index (χ1) is 37.9. The number of carbonyl (C=O) groups is 2. The number of amides is 1. The number of ether oxygens (including phenoxy) is 1. The second-order valence-corrected chi connectivity index (χ2v) is 24.7. The standard InChI is InChI=1S/C68H125N2O7P/c1-7-10-13-16-19-22-25-27-29-30-31-32-33-34-35-36-37-38-39-40-41-43-46-49-52-55-58-61-68(72)77-66(59-56-53-50-47-44-24-21-18-15-12-9-3)65(64-76-78(73,74)75-63-62-70(4,5)6)69-67(71)60-57-54-51-48-45-42-28-26-23-20-17-14-11-8-2/h19,22,27,29,31-32,34-35,42,45,56,59,65-66H,7-18,20-21,23-26,28,30,33,36-41,43-44,46-55,57-58,60-64H2,1-6H3,(H-,69,71,73,74)/b22-19-,29-27-,32-31-,35-34-,45-42-,59-56-. The van der Waals surface area contributed by atoms with E-state index < -0.39 is 26.6 Å². The minimum Gasteiger partial charge on any atom is -0.756 e. The highest BCUT2D eigenvalue weighted by Gasteiger charge is 2.27. The molecule has 3 atom stereocenters. The normalized spacial score (nSPS) is 14.1. The Balaban J connectivity index is 5.05. The Hall–Kier alpha value is -2.55. The molecule has 0 radical (unpaired) electrons. The zero-order valence-electron chi connectivity index (χ0n) is 51.9. The number of hydrogen-bond acceptors (Lipinski definition) is 7. The van der Waals surface area contributed by atoms with E-state index in [1.165, 1.54) is 173 Å². The van der Waals surface area contributed by atoms with Crippen LogP contribution >= 0.6 is 7.82 Å². The van der Waals surface area contributed by atoms with E-state index in [4.69, 9.17) is 13.8 Å². The minimum absolute atomic E-state index is 0.0268. The summed E-state index contributed by atoms with van der Waals surface area (Å²) >= 11 is 0. The zero-order chi connectivity index (χ0) is 57.2. The van der Waals surface area contributed by atoms with Crippen molar-refractivity contribution in [1.82, 2.24) is 5.32 Å². The molecule has 0 aromatic heterocycles. The maximum atomic E-state index is 13.5. The molecule has 0 fully saturated rings. The number of rotatable bonds is 59. The Labute approximate surface area is 483 Å². The summed E-state index contributed by atoms with van der Waals surface area (Å²) in [4.78, 5) is 40.0. The summed E-state index contributed by atoms with van der Waals surface area (Å²) in [6.07, 6.45) is 74.5. The first-order valence-electron chi connectivity index (χ1n) is 32.7. The van der Waals surface area contributed by atoms with Gasteiger partial charge in [-0.05, 0) is 102 Å². The van der Waals surface area contributed by atoms with E-state index in [9.17, 15) is 19.0 Å².